The van der Waals surface area contributed by atoms with Crippen LogP contribution in [-0.4, -0.2) is 47.5 Å². The van der Waals surface area contributed by atoms with Gasteiger partial charge < -0.3 is 9.14 Å². The maximum atomic E-state index is 12.8. The molecule has 8 nitrogen and oxygen atoms in total. The monoisotopic (exact) mass is 475 g/mol. The molecule has 0 aliphatic heterocycles. The van der Waals surface area contributed by atoms with Gasteiger partial charge in [0.2, 0.25) is 10.0 Å². The van der Waals surface area contributed by atoms with Crippen molar-refractivity contribution in [2.24, 2.45) is 7.05 Å². The Morgan fingerprint density at radius 2 is 1.91 bits per heavy atom. The molecule has 0 amide bonds. The third-order valence-corrected chi connectivity index (χ3v) is 6.63. The van der Waals surface area contributed by atoms with E-state index >= 15 is 0 Å². The van der Waals surface area contributed by atoms with Gasteiger partial charge in [-0.05, 0) is 25.1 Å². The first-order valence-electron chi connectivity index (χ1n) is 10.0. The topological polar surface area (TPSA) is 81.7 Å². The molecular formula is C22H23F2N5O3S. The van der Waals surface area contributed by atoms with E-state index in [1.54, 1.807) is 36.0 Å². The molecule has 0 fully saturated rings. The van der Waals surface area contributed by atoms with Crippen LogP contribution in [0.15, 0.2) is 48.7 Å². The molecule has 33 heavy (non-hydrogen) atoms. The van der Waals surface area contributed by atoms with Gasteiger partial charge in [-0.2, -0.15) is 13.9 Å². The number of aromatic nitrogens is 4. The van der Waals surface area contributed by atoms with Crippen molar-refractivity contribution in [1.82, 2.24) is 19.2 Å². The van der Waals surface area contributed by atoms with Gasteiger partial charge >= 0.3 is 6.61 Å². The number of anilines is 1. The van der Waals surface area contributed by atoms with Crippen molar-refractivity contribution in [2.45, 2.75) is 20.0 Å². The lowest BCUT2D eigenvalue weighted by molar-refractivity contribution is -0.0504. The van der Waals surface area contributed by atoms with Gasteiger partial charge in [0, 0.05) is 49.6 Å². The van der Waals surface area contributed by atoms with Crippen LogP contribution < -0.4 is 9.04 Å². The lowest BCUT2D eigenvalue weighted by atomic mass is 10.1. The number of ether oxygens (including phenoxy) is 1. The zero-order chi connectivity index (χ0) is 23.9. The van der Waals surface area contributed by atoms with Crippen molar-refractivity contribution in [2.75, 3.05) is 17.6 Å². The average molecular weight is 476 g/mol. The lowest BCUT2D eigenvalue weighted by Gasteiger charge is -2.12. The number of halogens is 2. The summed E-state index contributed by atoms with van der Waals surface area (Å²) >= 11 is 0. The Morgan fingerprint density at radius 3 is 2.61 bits per heavy atom. The van der Waals surface area contributed by atoms with E-state index in [9.17, 15) is 17.2 Å². The fourth-order valence-corrected chi connectivity index (χ4v) is 4.09. The molecule has 3 heterocycles. The fourth-order valence-electron chi connectivity index (χ4n) is 3.66. The number of para-hydroxylation sites is 1. The van der Waals surface area contributed by atoms with Crippen LogP contribution in [0.2, 0.25) is 0 Å². The van der Waals surface area contributed by atoms with Crippen molar-refractivity contribution < 1.29 is 21.9 Å². The molecule has 4 rings (SSSR count). The van der Waals surface area contributed by atoms with E-state index in [1.807, 2.05) is 29.7 Å². The van der Waals surface area contributed by atoms with Gasteiger partial charge in [-0.3, -0.25) is 8.99 Å². The van der Waals surface area contributed by atoms with Crippen LogP contribution in [0, 0.1) is 6.92 Å². The van der Waals surface area contributed by atoms with Crippen LogP contribution in [0.5, 0.6) is 5.75 Å². The van der Waals surface area contributed by atoms with E-state index in [1.165, 1.54) is 13.1 Å². The quantitative estimate of drug-likeness (QED) is 0.408. The molecule has 3 aromatic heterocycles. The molecule has 0 aliphatic carbocycles. The number of imidazole rings is 1. The summed E-state index contributed by atoms with van der Waals surface area (Å²) in [5.74, 6) is 0.424. The number of benzene rings is 1. The van der Waals surface area contributed by atoms with Gasteiger partial charge in [0.15, 0.2) is 5.82 Å². The molecule has 0 saturated heterocycles. The van der Waals surface area contributed by atoms with E-state index in [4.69, 9.17) is 0 Å². The van der Waals surface area contributed by atoms with Gasteiger partial charge in [-0.1, -0.05) is 18.2 Å². The maximum Gasteiger partial charge on any atom is 0.387 e. The minimum atomic E-state index is -3.45. The Hall–Kier alpha value is -3.47. The highest BCUT2D eigenvalue weighted by Gasteiger charge is 2.19. The number of pyridine rings is 1. The number of sulfonamides is 1. The molecule has 0 aliphatic rings. The summed E-state index contributed by atoms with van der Waals surface area (Å²) in [6.07, 6.45) is 3.33. The molecule has 0 unspecified atom stereocenters. The standard InChI is InChI=1S/C22H23F2N5O3S/c1-14-17(11-15-7-5-6-8-19(15)32-22(23)24)29-13-16(9-10-20(29)25-14)18-12-21(26-27(18)2)28(3)33(4,30)31/h5-10,12-13,22H,11H2,1-4H3. The molecule has 0 saturated carbocycles. The van der Waals surface area contributed by atoms with Gasteiger partial charge in [0.05, 0.1) is 17.6 Å². The smallest absolute Gasteiger partial charge is 0.387 e. The van der Waals surface area contributed by atoms with Gasteiger partial charge in [-0.25, -0.2) is 13.4 Å². The Kier molecular flexibility index (Phi) is 5.83. The Labute approximate surface area is 190 Å². The zero-order valence-corrected chi connectivity index (χ0v) is 19.3. The molecule has 0 radical (unpaired) electrons. The van der Waals surface area contributed by atoms with Crippen LogP contribution in [0.1, 0.15) is 17.0 Å². The SMILES string of the molecule is Cc1nc2ccc(-c3cc(N(C)S(C)(=O)=O)nn3C)cn2c1Cc1ccccc1OC(F)F. The average Bonchev–Trinajstić information content (AvgIpc) is 3.27. The van der Waals surface area contributed by atoms with Gasteiger partial charge in [0.1, 0.15) is 11.4 Å². The first-order chi connectivity index (χ1) is 15.5. The summed E-state index contributed by atoms with van der Waals surface area (Å²) in [5, 5.41) is 4.32. The van der Waals surface area contributed by atoms with Crippen molar-refractivity contribution in [3.63, 3.8) is 0 Å². The highest BCUT2D eigenvalue weighted by Crippen LogP contribution is 2.28. The number of fused-ring (bicyclic) bond motifs is 1. The van der Waals surface area contributed by atoms with E-state index in [-0.39, 0.29) is 5.75 Å². The third-order valence-electron chi connectivity index (χ3n) is 5.45. The predicted molar refractivity (Wildman–Crippen MR) is 121 cm³/mol. The Bertz CT molecular complexity index is 1430. The molecule has 0 bridgehead atoms. The van der Waals surface area contributed by atoms with Crippen LogP contribution >= 0.6 is 0 Å². The highest BCUT2D eigenvalue weighted by molar-refractivity contribution is 7.92. The molecule has 0 spiro atoms. The lowest BCUT2D eigenvalue weighted by Crippen LogP contribution is -2.25. The molecule has 0 atom stereocenters. The predicted octanol–water partition coefficient (Wildman–Crippen LogP) is 3.63. The second-order valence-electron chi connectivity index (χ2n) is 7.69. The Morgan fingerprint density at radius 1 is 1.18 bits per heavy atom. The van der Waals surface area contributed by atoms with Crippen LogP contribution in [0.25, 0.3) is 16.9 Å². The first-order valence-corrected chi connectivity index (χ1v) is 11.9. The number of rotatable bonds is 7. The summed E-state index contributed by atoms with van der Waals surface area (Å²) in [7, 11) is -0.271. The highest BCUT2D eigenvalue weighted by atomic mass is 32.2. The molecule has 1 aromatic carbocycles. The summed E-state index contributed by atoms with van der Waals surface area (Å²) in [4.78, 5) is 4.59. The van der Waals surface area contributed by atoms with E-state index in [2.05, 4.69) is 14.8 Å². The fraction of sp³-hybridized carbons (Fsp3) is 0.273. The normalized spacial score (nSPS) is 12.0. The third kappa shape index (κ3) is 4.54. The second kappa shape index (κ2) is 8.47. The van der Waals surface area contributed by atoms with Crippen LogP contribution in [0.4, 0.5) is 14.6 Å². The summed E-state index contributed by atoms with van der Waals surface area (Å²) < 4.78 is 58.7. The van der Waals surface area contributed by atoms with Gasteiger partial charge in [-0.15, -0.1) is 0 Å². The summed E-state index contributed by atoms with van der Waals surface area (Å²) in [6, 6.07) is 12.1. The molecule has 4 aromatic rings. The van der Waals surface area contributed by atoms with Crippen LogP contribution in [-0.2, 0) is 23.5 Å². The van der Waals surface area contributed by atoms with Crippen LogP contribution in [0.3, 0.4) is 0 Å². The van der Waals surface area contributed by atoms with Crippen molar-refractivity contribution in [1.29, 1.82) is 0 Å². The largest absolute Gasteiger partial charge is 0.435 e. The van der Waals surface area contributed by atoms with E-state index in [0.29, 0.717) is 29.1 Å². The number of hydrogen-bond acceptors (Lipinski definition) is 5. The molecular weight excluding hydrogens is 452 g/mol. The Balaban J connectivity index is 1.76. The van der Waals surface area contributed by atoms with Crippen molar-refractivity contribution in [3.8, 4) is 17.0 Å². The first kappa shape index (κ1) is 22.7. The zero-order valence-electron chi connectivity index (χ0n) is 18.5. The second-order valence-corrected chi connectivity index (χ2v) is 9.71. The molecule has 174 valence electrons. The molecule has 11 heteroatoms. The minimum absolute atomic E-state index is 0.123. The maximum absolute atomic E-state index is 12.8. The van der Waals surface area contributed by atoms with Crippen molar-refractivity contribution in [3.05, 3.63) is 65.6 Å². The number of aryl methyl sites for hydroxylation is 2. The van der Waals surface area contributed by atoms with Gasteiger partial charge in [0.25, 0.3) is 0 Å². The van der Waals surface area contributed by atoms with Crippen molar-refractivity contribution >= 4 is 21.5 Å². The summed E-state index contributed by atoms with van der Waals surface area (Å²) in [6.45, 7) is -1.05. The summed E-state index contributed by atoms with van der Waals surface area (Å²) in [5.41, 5.74) is 4.41. The number of hydrogen-bond donors (Lipinski definition) is 0. The minimum Gasteiger partial charge on any atom is -0.435 e. The number of nitrogens with zero attached hydrogens (tertiary/aromatic N) is 5. The number of alkyl halides is 2. The molecule has 0 N–H and O–H groups in total. The van der Waals surface area contributed by atoms with E-state index in [0.717, 1.165) is 27.5 Å². The van der Waals surface area contributed by atoms with E-state index < -0.39 is 16.6 Å².